The van der Waals surface area contributed by atoms with E-state index in [1.165, 1.54) is 6.07 Å². The Morgan fingerprint density at radius 1 is 0.444 bits per heavy atom. The minimum absolute atomic E-state index is 0.117. The fourth-order valence-corrected chi connectivity index (χ4v) is 4.76. The highest BCUT2D eigenvalue weighted by Gasteiger charge is 2.35. The molecule has 0 bridgehead atoms. The SMILES string of the molecule is O=C1C(c2ccccc2)=C(c2ccccc2)C(c2cc(C(=O)Cl)cc(C(=O)Cl)c2)=C1c1ccccc1. The van der Waals surface area contributed by atoms with Crippen LogP contribution in [0.4, 0.5) is 0 Å². The van der Waals surface area contributed by atoms with E-state index >= 15 is 0 Å². The highest BCUT2D eigenvalue weighted by molar-refractivity contribution is 6.69. The summed E-state index contributed by atoms with van der Waals surface area (Å²) in [6, 6.07) is 32.9. The number of benzene rings is 4. The monoisotopic (exact) mass is 508 g/mol. The number of hydrogen-bond donors (Lipinski definition) is 0. The average molecular weight is 509 g/mol. The van der Waals surface area contributed by atoms with E-state index in [9.17, 15) is 14.4 Å². The van der Waals surface area contributed by atoms with Gasteiger partial charge in [-0.05, 0) is 63.7 Å². The van der Waals surface area contributed by atoms with Gasteiger partial charge < -0.3 is 0 Å². The molecule has 0 radical (unpaired) electrons. The van der Waals surface area contributed by atoms with Crippen LogP contribution in [0.1, 0.15) is 43.0 Å². The second kappa shape index (κ2) is 9.90. The molecule has 0 heterocycles. The molecule has 4 aromatic rings. The molecule has 174 valence electrons. The van der Waals surface area contributed by atoms with Crippen molar-refractivity contribution in [1.82, 2.24) is 0 Å². The summed E-state index contributed by atoms with van der Waals surface area (Å²) >= 11 is 11.7. The van der Waals surface area contributed by atoms with Gasteiger partial charge in [-0.15, -0.1) is 0 Å². The zero-order valence-corrected chi connectivity index (χ0v) is 20.4. The lowest BCUT2D eigenvalue weighted by molar-refractivity contribution is -0.108. The van der Waals surface area contributed by atoms with E-state index < -0.39 is 10.5 Å². The predicted molar refractivity (Wildman–Crippen MR) is 145 cm³/mol. The second-order valence-electron chi connectivity index (χ2n) is 8.27. The maximum Gasteiger partial charge on any atom is 0.252 e. The summed E-state index contributed by atoms with van der Waals surface area (Å²) in [5.74, 6) is -0.150. The van der Waals surface area contributed by atoms with Gasteiger partial charge in [-0.2, -0.15) is 0 Å². The van der Waals surface area contributed by atoms with Crippen LogP contribution in [0.2, 0.25) is 0 Å². The molecule has 0 aromatic heterocycles. The fourth-order valence-electron chi connectivity index (χ4n) is 4.54. The molecule has 1 aliphatic carbocycles. The van der Waals surface area contributed by atoms with Crippen LogP contribution in [0, 0.1) is 0 Å². The van der Waals surface area contributed by atoms with Crippen LogP contribution in [-0.2, 0) is 4.79 Å². The molecule has 0 fully saturated rings. The zero-order valence-electron chi connectivity index (χ0n) is 18.9. The van der Waals surface area contributed by atoms with Crippen LogP contribution in [0.25, 0.3) is 22.3 Å². The van der Waals surface area contributed by atoms with Gasteiger partial charge in [0.1, 0.15) is 0 Å². The molecular formula is C31H18Cl2O3. The van der Waals surface area contributed by atoms with Crippen molar-refractivity contribution in [2.24, 2.45) is 0 Å². The Morgan fingerprint density at radius 3 is 1.14 bits per heavy atom. The van der Waals surface area contributed by atoms with E-state index in [1.807, 2.05) is 91.0 Å². The summed E-state index contributed by atoms with van der Waals surface area (Å²) in [6.45, 7) is 0. The number of hydrogen-bond acceptors (Lipinski definition) is 3. The maximum atomic E-state index is 14.2. The normalized spacial score (nSPS) is 13.3. The molecule has 0 saturated carbocycles. The second-order valence-corrected chi connectivity index (χ2v) is 8.96. The van der Waals surface area contributed by atoms with Crippen LogP contribution in [0.15, 0.2) is 109 Å². The molecule has 5 rings (SSSR count). The first kappa shape index (κ1) is 23.7. The van der Waals surface area contributed by atoms with Crippen molar-refractivity contribution < 1.29 is 14.4 Å². The minimum Gasteiger partial charge on any atom is -0.289 e. The van der Waals surface area contributed by atoms with Crippen LogP contribution in [0.5, 0.6) is 0 Å². The first-order valence-corrected chi connectivity index (χ1v) is 12.0. The molecule has 0 atom stereocenters. The van der Waals surface area contributed by atoms with Crippen molar-refractivity contribution in [3.63, 3.8) is 0 Å². The predicted octanol–water partition coefficient (Wildman–Crippen LogP) is 7.55. The van der Waals surface area contributed by atoms with Crippen LogP contribution >= 0.6 is 23.2 Å². The van der Waals surface area contributed by atoms with E-state index in [1.54, 1.807) is 12.1 Å². The number of ketones is 1. The van der Waals surface area contributed by atoms with Gasteiger partial charge >= 0.3 is 0 Å². The smallest absolute Gasteiger partial charge is 0.252 e. The molecule has 0 unspecified atom stereocenters. The van der Waals surface area contributed by atoms with Gasteiger partial charge in [0.25, 0.3) is 10.5 Å². The van der Waals surface area contributed by atoms with Crippen molar-refractivity contribution in [1.29, 1.82) is 0 Å². The van der Waals surface area contributed by atoms with Crippen molar-refractivity contribution in [2.45, 2.75) is 0 Å². The van der Waals surface area contributed by atoms with E-state index in [-0.39, 0.29) is 16.9 Å². The molecule has 1 aliphatic rings. The lowest BCUT2D eigenvalue weighted by atomic mass is 9.88. The standard InChI is InChI=1S/C31H18Cl2O3/c32-30(35)23-16-22(17-24(18-23)31(33)36)26-25(19-10-4-1-5-11-19)27(20-12-6-2-7-13-20)29(34)28(26)21-14-8-3-9-15-21/h1-18H. The topological polar surface area (TPSA) is 51.2 Å². The molecule has 0 aliphatic heterocycles. The summed E-state index contributed by atoms with van der Waals surface area (Å²) < 4.78 is 0. The molecule has 0 saturated heterocycles. The summed E-state index contributed by atoms with van der Waals surface area (Å²) in [7, 11) is 0. The quantitative estimate of drug-likeness (QED) is 0.252. The maximum absolute atomic E-state index is 14.2. The zero-order chi connectivity index (χ0) is 25.2. The van der Waals surface area contributed by atoms with Gasteiger partial charge in [0.15, 0.2) is 5.78 Å². The third kappa shape index (κ3) is 4.35. The van der Waals surface area contributed by atoms with Gasteiger partial charge in [0.2, 0.25) is 0 Å². The number of rotatable bonds is 6. The van der Waals surface area contributed by atoms with Crippen LogP contribution < -0.4 is 0 Å². The van der Waals surface area contributed by atoms with Gasteiger partial charge in [-0.3, -0.25) is 14.4 Å². The summed E-state index contributed by atoms with van der Waals surface area (Å²) in [6.07, 6.45) is 0. The largest absolute Gasteiger partial charge is 0.289 e. The van der Waals surface area contributed by atoms with E-state index in [4.69, 9.17) is 23.2 Å². The van der Waals surface area contributed by atoms with Crippen molar-refractivity contribution in [3.8, 4) is 0 Å². The van der Waals surface area contributed by atoms with Gasteiger partial charge in [-0.25, -0.2) is 0 Å². The molecule has 0 N–H and O–H groups in total. The summed E-state index contributed by atoms with van der Waals surface area (Å²) in [4.78, 5) is 38.5. The fraction of sp³-hybridized carbons (Fsp3) is 0. The molecule has 36 heavy (non-hydrogen) atoms. The molecule has 0 amide bonds. The van der Waals surface area contributed by atoms with Gasteiger partial charge in [0.05, 0.1) is 0 Å². The van der Waals surface area contributed by atoms with Crippen LogP contribution in [-0.4, -0.2) is 16.3 Å². The number of carbonyl (C=O) groups excluding carboxylic acids is 3. The molecule has 3 nitrogen and oxygen atoms in total. The highest BCUT2D eigenvalue weighted by Crippen LogP contribution is 2.49. The number of allylic oxidation sites excluding steroid dienone is 4. The van der Waals surface area contributed by atoms with Crippen molar-refractivity contribution in [3.05, 3.63) is 143 Å². The summed E-state index contributed by atoms with van der Waals surface area (Å²) in [5, 5.41) is -1.45. The first-order valence-electron chi connectivity index (χ1n) is 11.2. The molecular weight excluding hydrogens is 491 g/mol. The van der Waals surface area contributed by atoms with E-state index in [0.717, 1.165) is 16.7 Å². The third-order valence-corrected chi connectivity index (χ3v) is 6.50. The van der Waals surface area contributed by atoms with Crippen molar-refractivity contribution in [2.75, 3.05) is 0 Å². The van der Waals surface area contributed by atoms with Gasteiger partial charge in [0, 0.05) is 33.4 Å². The van der Waals surface area contributed by atoms with Gasteiger partial charge in [-0.1, -0.05) is 91.0 Å². The Kier molecular flexibility index (Phi) is 6.51. The van der Waals surface area contributed by atoms with E-state index in [0.29, 0.717) is 27.9 Å². The lowest BCUT2D eigenvalue weighted by Gasteiger charge is -2.15. The Labute approximate surface area is 218 Å². The lowest BCUT2D eigenvalue weighted by Crippen LogP contribution is -2.02. The molecule has 4 aromatic carbocycles. The Bertz CT molecular complexity index is 1540. The van der Waals surface area contributed by atoms with E-state index in [2.05, 4.69) is 0 Å². The minimum atomic E-state index is -0.726. The number of Topliss-reactive ketones (excluding diaryl/α,β-unsaturated/α-hetero) is 1. The Hall–Kier alpha value is -4.05. The Morgan fingerprint density at radius 2 is 0.778 bits per heavy atom. The molecule has 0 spiro atoms. The van der Waals surface area contributed by atoms with Crippen molar-refractivity contribution >= 4 is 61.8 Å². The van der Waals surface area contributed by atoms with Crippen LogP contribution in [0.3, 0.4) is 0 Å². The average Bonchev–Trinajstić information content (AvgIpc) is 3.22. The summed E-state index contributed by atoms with van der Waals surface area (Å²) in [5.41, 5.74) is 5.37. The number of halogens is 2. The third-order valence-electron chi connectivity index (χ3n) is 6.07. The first-order chi connectivity index (χ1) is 17.5. The Balaban J connectivity index is 1.92. The highest BCUT2D eigenvalue weighted by atomic mass is 35.5. The number of carbonyl (C=O) groups is 3. The molecule has 5 heteroatoms.